The number of rotatable bonds is 5. The molecule has 0 spiro atoms. The Morgan fingerprint density at radius 3 is 2.79 bits per heavy atom. The molecule has 4 aromatic rings. The van der Waals surface area contributed by atoms with Crippen LogP contribution in [0.2, 0.25) is 0 Å². The second-order valence-corrected chi connectivity index (χ2v) is 7.59. The zero-order valence-corrected chi connectivity index (χ0v) is 16.3. The zero-order valence-electron chi connectivity index (χ0n) is 14.7. The van der Waals surface area contributed by atoms with Crippen LogP contribution in [-0.2, 0) is 9.53 Å². The average molecular weight is 410 g/mol. The molecule has 9 heteroatoms. The molecule has 4 rings (SSSR count). The molecular weight excluding hydrogens is 396 g/mol. The van der Waals surface area contributed by atoms with E-state index in [4.69, 9.17) is 4.74 Å². The maximum absolute atomic E-state index is 12.5. The first kappa shape index (κ1) is 18.2. The van der Waals surface area contributed by atoms with E-state index in [0.29, 0.717) is 16.2 Å². The van der Waals surface area contributed by atoms with Gasteiger partial charge in [0.1, 0.15) is 5.52 Å². The summed E-state index contributed by atoms with van der Waals surface area (Å²) >= 11 is 2.89. The third-order valence-corrected chi connectivity index (χ3v) is 5.53. The minimum absolute atomic E-state index is 0.263. The number of carbonyl (C=O) groups excluding carboxylic acids is 2. The number of nitrogens with zero attached hydrogens (tertiary/aromatic N) is 3. The Kier molecular flexibility index (Phi) is 5.09. The van der Waals surface area contributed by atoms with Crippen LogP contribution in [0.1, 0.15) is 17.3 Å². The summed E-state index contributed by atoms with van der Waals surface area (Å²) < 4.78 is 5.32. The number of esters is 1. The Balaban J connectivity index is 1.43. The van der Waals surface area contributed by atoms with Crippen molar-refractivity contribution in [1.82, 2.24) is 15.0 Å². The summed E-state index contributed by atoms with van der Waals surface area (Å²) in [5.74, 6) is -1.08. The molecule has 3 aromatic heterocycles. The molecule has 0 aliphatic heterocycles. The van der Waals surface area contributed by atoms with Crippen LogP contribution in [0.5, 0.6) is 0 Å². The highest BCUT2D eigenvalue weighted by Crippen LogP contribution is 2.28. The second kappa shape index (κ2) is 7.83. The van der Waals surface area contributed by atoms with E-state index >= 15 is 0 Å². The van der Waals surface area contributed by atoms with Crippen molar-refractivity contribution < 1.29 is 14.3 Å². The monoisotopic (exact) mass is 410 g/mol. The van der Waals surface area contributed by atoms with Crippen LogP contribution >= 0.6 is 22.7 Å². The summed E-state index contributed by atoms with van der Waals surface area (Å²) in [6.45, 7) is 1.51. The highest BCUT2D eigenvalue weighted by molar-refractivity contribution is 7.16. The minimum Gasteiger partial charge on any atom is -0.449 e. The van der Waals surface area contributed by atoms with Crippen molar-refractivity contribution in [2.24, 2.45) is 0 Å². The first-order valence-corrected chi connectivity index (χ1v) is 10.1. The summed E-state index contributed by atoms with van der Waals surface area (Å²) in [5.41, 5.74) is 2.08. The van der Waals surface area contributed by atoms with Crippen LogP contribution in [0.25, 0.3) is 21.6 Å². The van der Waals surface area contributed by atoms with Crippen molar-refractivity contribution in [1.29, 1.82) is 0 Å². The third-order valence-electron chi connectivity index (χ3n) is 3.88. The molecule has 0 radical (unpaired) electrons. The summed E-state index contributed by atoms with van der Waals surface area (Å²) in [6.07, 6.45) is 2.06. The van der Waals surface area contributed by atoms with Crippen molar-refractivity contribution in [3.05, 3.63) is 59.0 Å². The lowest BCUT2D eigenvalue weighted by atomic mass is 10.2. The Bertz CT molecular complexity index is 1140. The highest BCUT2D eigenvalue weighted by Gasteiger charge is 2.22. The number of para-hydroxylation sites is 1. The number of ether oxygens (including phenoxy) is 1. The molecule has 1 unspecified atom stereocenters. The van der Waals surface area contributed by atoms with Crippen LogP contribution in [0.4, 0.5) is 5.13 Å². The predicted octanol–water partition coefficient (Wildman–Crippen LogP) is 4.00. The first-order chi connectivity index (χ1) is 13.6. The van der Waals surface area contributed by atoms with Gasteiger partial charge in [-0.2, -0.15) is 0 Å². The van der Waals surface area contributed by atoms with E-state index in [9.17, 15) is 9.59 Å². The number of benzene rings is 1. The average Bonchev–Trinajstić information content (AvgIpc) is 3.39. The van der Waals surface area contributed by atoms with E-state index in [0.717, 1.165) is 10.6 Å². The topological polar surface area (TPSA) is 94.1 Å². The Morgan fingerprint density at radius 2 is 1.96 bits per heavy atom. The molecule has 28 heavy (non-hydrogen) atoms. The summed E-state index contributed by atoms with van der Waals surface area (Å²) in [5, 5.41) is 6.97. The molecule has 0 fully saturated rings. The minimum atomic E-state index is -0.992. The van der Waals surface area contributed by atoms with Crippen molar-refractivity contribution in [2.75, 3.05) is 5.32 Å². The van der Waals surface area contributed by atoms with E-state index in [1.54, 1.807) is 35.7 Å². The molecule has 0 saturated heterocycles. The maximum atomic E-state index is 12.5. The number of fused-ring (bicyclic) bond motifs is 1. The van der Waals surface area contributed by atoms with Gasteiger partial charge in [0.25, 0.3) is 5.91 Å². The van der Waals surface area contributed by atoms with Crippen molar-refractivity contribution in [3.8, 4) is 10.6 Å². The number of amides is 1. The predicted molar refractivity (Wildman–Crippen MR) is 108 cm³/mol. The Hall–Kier alpha value is -3.17. The number of aromatic nitrogens is 3. The van der Waals surface area contributed by atoms with Gasteiger partial charge < -0.3 is 4.74 Å². The number of thiophene rings is 1. The van der Waals surface area contributed by atoms with E-state index in [-0.39, 0.29) is 5.56 Å². The normalized spacial score (nSPS) is 11.9. The molecule has 140 valence electrons. The number of carbonyl (C=O) groups is 2. The molecule has 0 aliphatic rings. The molecule has 3 heterocycles. The quantitative estimate of drug-likeness (QED) is 0.500. The molecule has 1 amide bonds. The van der Waals surface area contributed by atoms with Gasteiger partial charge in [-0.1, -0.05) is 12.1 Å². The smallest absolute Gasteiger partial charge is 0.341 e. The number of hydrogen-bond acceptors (Lipinski definition) is 8. The Labute approximate surface area is 168 Å². The second-order valence-electron chi connectivity index (χ2n) is 5.78. The fraction of sp³-hybridized carbons (Fsp3) is 0.105. The van der Waals surface area contributed by atoms with Crippen molar-refractivity contribution in [2.45, 2.75) is 13.0 Å². The maximum Gasteiger partial charge on any atom is 0.341 e. The van der Waals surface area contributed by atoms with Crippen LogP contribution < -0.4 is 5.32 Å². The lowest BCUT2D eigenvalue weighted by molar-refractivity contribution is -0.123. The first-order valence-electron chi connectivity index (χ1n) is 8.33. The fourth-order valence-electron chi connectivity index (χ4n) is 2.51. The van der Waals surface area contributed by atoms with Gasteiger partial charge in [0.2, 0.25) is 0 Å². The van der Waals surface area contributed by atoms with E-state index in [1.165, 1.54) is 24.5 Å². The lowest BCUT2D eigenvalue weighted by Crippen LogP contribution is -2.30. The van der Waals surface area contributed by atoms with Crippen molar-refractivity contribution >= 4 is 50.7 Å². The zero-order chi connectivity index (χ0) is 19.5. The van der Waals surface area contributed by atoms with Gasteiger partial charge >= 0.3 is 5.97 Å². The van der Waals surface area contributed by atoms with Crippen LogP contribution in [0.3, 0.4) is 0 Å². The summed E-state index contributed by atoms with van der Waals surface area (Å²) in [6, 6.07) is 8.95. The number of anilines is 1. The van der Waals surface area contributed by atoms with E-state index in [2.05, 4.69) is 20.3 Å². The molecular formula is C19H14N4O3S2. The van der Waals surface area contributed by atoms with Crippen LogP contribution in [0.15, 0.2) is 53.5 Å². The van der Waals surface area contributed by atoms with E-state index < -0.39 is 18.0 Å². The number of nitrogens with one attached hydrogen (secondary N) is 1. The summed E-state index contributed by atoms with van der Waals surface area (Å²) in [4.78, 5) is 38.6. The molecule has 0 saturated carbocycles. The number of hydrogen-bond donors (Lipinski definition) is 1. The largest absolute Gasteiger partial charge is 0.449 e. The van der Waals surface area contributed by atoms with Gasteiger partial charge in [-0.15, -0.1) is 22.7 Å². The van der Waals surface area contributed by atoms with Crippen LogP contribution in [0, 0.1) is 0 Å². The van der Waals surface area contributed by atoms with Gasteiger partial charge in [0, 0.05) is 17.8 Å². The molecule has 1 atom stereocenters. The number of thiazole rings is 1. The third kappa shape index (κ3) is 3.75. The van der Waals surface area contributed by atoms with Gasteiger partial charge in [0.15, 0.2) is 11.2 Å². The van der Waals surface area contributed by atoms with Gasteiger partial charge in [-0.25, -0.2) is 9.78 Å². The van der Waals surface area contributed by atoms with Crippen molar-refractivity contribution in [3.63, 3.8) is 0 Å². The highest BCUT2D eigenvalue weighted by atomic mass is 32.1. The van der Waals surface area contributed by atoms with Gasteiger partial charge in [0.05, 0.1) is 21.7 Å². The Morgan fingerprint density at radius 1 is 1.11 bits per heavy atom. The van der Waals surface area contributed by atoms with Crippen LogP contribution in [-0.4, -0.2) is 32.9 Å². The SMILES string of the molecule is CC(OC(=O)c1cccc2nccnc12)C(=O)Nc1nc(-c2cccs2)cs1. The van der Waals surface area contributed by atoms with Gasteiger partial charge in [-0.05, 0) is 30.5 Å². The van der Waals surface area contributed by atoms with Gasteiger partial charge in [-0.3, -0.25) is 20.1 Å². The standard InChI is InChI=1S/C19H14N4O3S2/c1-11(17(24)23-19-22-14(10-28-19)15-6-3-9-27-15)26-18(25)12-4-2-5-13-16(12)21-8-7-20-13/h2-11H,1H3,(H,22,23,24). The fourth-order valence-corrected chi connectivity index (χ4v) is 3.98. The molecule has 7 nitrogen and oxygen atoms in total. The lowest BCUT2D eigenvalue weighted by Gasteiger charge is -2.13. The van der Waals surface area contributed by atoms with E-state index in [1.807, 2.05) is 22.9 Å². The molecule has 0 aliphatic carbocycles. The molecule has 1 aromatic carbocycles. The summed E-state index contributed by atoms with van der Waals surface area (Å²) in [7, 11) is 0. The molecule has 0 bridgehead atoms. The molecule has 1 N–H and O–H groups in total.